The van der Waals surface area contributed by atoms with E-state index in [1.54, 1.807) is 30.2 Å². The number of aromatic nitrogens is 1. The number of carbonyl (C=O) groups is 2. The van der Waals surface area contributed by atoms with Crippen molar-refractivity contribution in [3.63, 3.8) is 0 Å². The van der Waals surface area contributed by atoms with E-state index in [-0.39, 0.29) is 11.8 Å². The molecule has 6 heteroatoms. The van der Waals surface area contributed by atoms with Gasteiger partial charge in [0.05, 0.1) is 0 Å². The molecule has 2 heterocycles. The number of benzene rings is 1. The minimum atomic E-state index is -0.551. The Morgan fingerprint density at radius 3 is 2.35 bits per heavy atom. The first kappa shape index (κ1) is 17.9. The minimum Gasteiger partial charge on any atom is -0.353 e. The summed E-state index contributed by atoms with van der Waals surface area (Å²) < 4.78 is 0. The van der Waals surface area contributed by atoms with Crippen LogP contribution in [0.2, 0.25) is 0 Å². The summed E-state index contributed by atoms with van der Waals surface area (Å²) in [5.41, 5.74) is 1.66. The maximum Gasteiger partial charge on any atom is 0.251 e. The van der Waals surface area contributed by atoms with Gasteiger partial charge in [0.15, 0.2) is 0 Å². The highest BCUT2D eigenvalue weighted by molar-refractivity contribution is 5.97. The van der Waals surface area contributed by atoms with E-state index in [2.05, 4.69) is 15.2 Å². The van der Waals surface area contributed by atoms with Crippen molar-refractivity contribution in [1.82, 2.24) is 15.2 Å². The molecule has 1 fully saturated rings. The van der Waals surface area contributed by atoms with Crippen LogP contribution in [0.15, 0.2) is 48.7 Å². The van der Waals surface area contributed by atoms with Crippen LogP contribution in [0, 0.1) is 6.92 Å². The summed E-state index contributed by atoms with van der Waals surface area (Å²) in [6.45, 7) is 6.43. The number of hydrogen-bond donors (Lipinski definition) is 1. The molecule has 0 radical (unpaired) electrons. The summed E-state index contributed by atoms with van der Waals surface area (Å²) in [6, 6.07) is 12.6. The monoisotopic (exact) mass is 352 g/mol. The second-order valence-electron chi connectivity index (χ2n) is 6.56. The quantitative estimate of drug-likeness (QED) is 0.912. The molecule has 1 atom stereocenters. The highest BCUT2D eigenvalue weighted by Gasteiger charge is 2.26. The Morgan fingerprint density at radius 1 is 1.04 bits per heavy atom. The van der Waals surface area contributed by atoms with Crippen molar-refractivity contribution in [2.75, 3.05) is 31.1 Å². The second-order valence-corrected chi connectivity index (χ2v) is 6.56. The fraction of sp³-hybridized carbons (Fsp3) is 0.350. The molecule has 1 aromatic heterocycles. The van der Waals surface area contributed by atoms with E-state index in [4.69, 9.17) is 0 Å². The summed E-state index contributed by atoms with van der Waals surface area (Å²) in [6.07, 6.45) is 1.77. The van der Waals surface area contributed by atoms with Crippen LogP contribution >= 0.6 is 0 Å². The average molecular weight is 352 g/mol. The lowest BCUT2D eigenvalue weighted by Gasteiger charge is -2.36. The molecule has 1 saturated heterocycles. The third-order valence-electron chi connectivity index (χ3n) is 4.60. The molecule has 0 aliphatic carbocycles. The van der Waals surface area contributed by atoms with Gasteiger partial charge in [0, 0.05) is 37.9 Å². The second kappa shape index (κ2) is 7.99. The lowest BCUT2D eigenvalue weighted by atomic mass is 10.1. The molecule has 2 amide bonds. The predicted octanol–water partition coefficient (Wildman–Crippen LogP) is 1.86. The van der Waals surface area contributed by atoms with Crippen molar-refractivity contribution >= 4 is 17.6 Å². The van der Waals surface area contributed by atoms with Crippen molar-refractivity contribution in [3.05, 3.63) is 59.8 Å². The molecule has 1 aromatic carbocycles. The van der Waals surface area contributed by atoms with Gasteiger partial charge in [-0.3, -0.25) is 9.59 Å². The smallest absolute Gasteiger partial charge is 0.251 e. The van der Waals surface area contributed by atoms with E-state index in [0.717, 1.165) is 24.5 Å². The molecule has 1 N–H and O–H groups in total. The zero-order valence-electron chi connectivity index (χ0n) is 15.2. The zero-order chi connectivity index (χ0) is 18.5. The van der Waals surface area contributed by atoms with E-state index in [0.29, 0.717) is 18.7 Å². The normalized spacial score (nSPS) is 15.5. The fourth-order valence-electron chi connectivity index (χ4n) is 3.02. The van der Waals surface area contributed by atoms with Gasteiger partial charge in [-0.05, 0) is 38.1 Å². The maximum absolute atomic E-state index is 12.6. The van der Waals surface area contributed by atoms with Crippen molar-refractivity contribution < 1.29 is 9.59 Å². The standard InChI is InChI=1S/C20H24N4O2/c1-15-6-8-17(9-7-15)19(25)22-16(2)20(26)24-13-11-23(12-14-24)18-5-3-4-10-21-18/h3-10,16H,11-14H2,1-2H3,(H,22,25)/t16-/m0/s1. The summed E-state index contributed by atoms with van der Waals surface area (Å²) in [5, 5.41) is 2.80. The van der Waals surface area contributed by atoms with Gasteiger partial charge in [-0.15, -0.1) is 0 Å². The first-order valence-electron chi connectivity index (χ1n) is 8.87. The Bertz CT molecular complexity index is 753. The van der Waals surface area contributed by atoms with Crippen molar-refractivity contribution in [1.29, 1.82) is 0 Å². The van der Waals surface area contributed by atoms with Crippen LogP contribution in [-0.2, 0) is 4.79 Å². The van der Waals surface area contributed by atoms with Crippen LogP contribution in [0.3, 0.4) is 0 Å². The number of aryl methyl sites for hydroxylation is 1. The van der Waals surface area contributed by atoms with Gasteiger partial charge in [-0.1, -0.05) is 23.8 Å². The molecule has 26 heavy (non-hydrogen) atoms. The number of pyridine rings is 1. The molecule has 6 nitrogen and oxygen atoms in total. The molecular weight excluding hydrogens is 328 g/mol. The Hall–Kier alpha value is -2.89. The first-order valence-corrected chi connectivity index (χ1v) is 8.87. The maximum atomic E-state index is 12.6. The molecule has 1 aliphatic heterocycles. The molecular formula is C20H24N4O2. The Labute approximate surface area is 153 Å². The Balaban J connectivity index is 1.53. The summed E-state index contributed by atoms with van der Waals surface area (Å²) in [7, 11) is 0. The van der Waals surface area contributed by atoms with Gasteiger partial charge in [-0.2, -0.15) is 0 Å². The molecule has 0 spiro atoms. The number of nitrogens with zero attached hydrogens (tertiary/aromatic N) is 3. The fourth-order valence-corrected chi connectivity index (χ4v) is 3.02. The summed E-state index contributed by atoms with van der Waals surface area (Å²) in [4.78, 5) is 33.3. The third kappa shape index (κ3) is 4.20. The lowest BCUT2D eigenvalue weighted by Crippen LogP contribution is -2.54. The lowest BCUT2D eigenvalue weighted by molar-refractivity contribution is -0.133. The van der Waals surface area contributed by atoms with Crippen LogP contribution in [0.4, 0.5) is 5.82 Å². The topological polar surface area (TPSA) is 65.5 Å². The van der Waals surface area contributed by atoms with Gasteiger partial charge < -0.3 is 15.1 Å². The number of anilines is 1. The number of nitrogens with one attached hydrogen (secondary N) is 1. The van der Waals surface area contributed by atoms with Gasteiger partial charge in [0.1, 0.15) is 11.9 Å². The van der Waals surface area contributed by atoms with E-state index >= 15 is 0 Å². The van der Waals surface area contributed by atoms with Crippen molar-refractivity contribution in [3.8, 4) is 0 Å². The molecule has 0 unspecified atom stereocenters. The van der Waals surface area contributed by atoms with E-state index in [1.165, 1.54) is 0 Å². The Kier molecular flexibility index (Phi) is 5.51. The van der Waals surface area contributed by atoms with Crippen LogP contribution < -0.4 is 10.2 Å². The number of carbonyl (C=O) groups excluding carboxylic acids is 2. The first-order chi connectivity index (χ1) is 12.5. The van der Waals surface area contributed by atoms with Crippen LogP contribution in [0.1, 0.15) is 22.8 Å². The molecule has 0 bridgehead atoms. The van der Waals surface area contributed by atoms with Crippen molar-refractivity contribution in [2.24, 2.45) is 0 Å². The van der Waals surface area contributed by atoms with E-state index < -0.39 is 6.04 Å². The highest BCUT2D eigenvalue weighted by atomic mass is 16.2. The third-order valence-corrected chi connectivity index (χ3v) is 4.60. The summed E-state index contributed by atoms with van der Waals surface area (Å²) >= 11 is 0. The zero-order valence-corrected chi connectivity index (χ0v) is 15.2. The number of rotatable bonds is 4. The number of amides is 2. The van der Waals surface area contributed by atoms with Gasteiger partial charge in [-0.25, -0.2) is 4.98 Å². The van der Waals surface area contributed by atoms with Crippen LogP contribution in [0.5, 0.6) is 0 Å². The molecule has 1 aliphatic rings. The van der Waals surface area contributed by atoms with Gasteiger partial charge in [0.2, 0.25) is 5.91 Å². The number of hydrogen-bond acceptors (Lipinski definition) is 4. The van der Waals surface area contributed by atoms with E-state index in [1.807, 2.05) is 37.3 Å². The largest absolute Gasteiger partial charge is 0.353 e. The molecule has 2 aromatic rings. The highest BCUT2D eigenvalue weighted by Crippen LogP contribution is 2.13. The Morgan fingerprint density at radius 2 is 1.73 bits per heavy atom. The molecule has 136 valence electrons. The SMILES string of the molecule is Cc1ccc(C(=O)N[C@@H](C)C(=O)N2CCN(c3ccccn3)CC2)cc1. The van der Waals surface area contributed by atoms with Gasteiger partial charge in [0.25, 0.3) is 5.91 Å². The van der Waals surface area contributed by atoms with Crippen LogP contribution in [-0.4, -0.2) is 53.9 Å². The van der Waals surface area contributed by atoms with E-state index in [9.17, 15) is 9.59 Å². The molecule has 0 saturated carbocycles. The summed E-state index contributed by atoms with van der Waals surface area (Å²) in [5.74, 6) is 0.657. The average Bonchev–Trinajstić information content (AvgIpc) is 2.68. The minimum absolute atomic E-state index is 0.0499. The van der Waals surface area contributed by atoms with Crippen molar-refractivity contribution in [2.45, 2.75) is 19.9 Å². The van der Waals surface area contributed by atoms with Crippen LogP contribution in [0.25, 0.3) is 0 Å². The van der Waals surface area contributed by atoms with Gasteiger partial charge >= 0.3 is 0 Å². The predicted molar refractivity (Wildman–Crippen MR) is 101 cm³/mol. The molecule has 3 rings (SSSR count). The number of piperazine rings is 1.